The quantitative estimate of drug-likeness (QED) is 0.203. The van der Waals surface area contributed by atoms with Gasteiger partial charge in [-0.05, 0) is 32.5 Å². The Bertz CT molecular complexity index is 214. The smallest absolute Gasteiger partial charge is 0.00189 e. The van der Waals surface area contributed by atoms with Gasteiger partial charge >= 0.3 is 0 Å². The Morgan fingerprint density at radius 2 is 0.750 bits per heavy atom. The summed E-state index contributed by atoms with van der Waals surface area (Å²) in [7, 11) is 0. The molecule has 0 fully saturated rings. The average molecular weight is 340 g/mol. The molecule has 0 unspecified atom stereocenters. The van der Waals surface area contributed by atoms with Crippen LogP contribution in [-0.4, -0.2) is 24.5 Å². The van der Waals surface area contributed by atoms with Gasteiger partial charge in [0.05, 0.1) is 0 Å². The summed E-state index contributed by atoms with van der Waals surface area (Å²) in [6.45, 7) is 10.7. The van der Waals surface area contributed by atoms with Crippen molar-refractivity contribution < 1.29 is 0 Å². The van der Waals surface area contributed by atoms with Gasteiger partial charge in [0.15, 0.2) is 0 Å². The predicted molar refractivity (Wildman–Crippen MR) is 112 cm³/mol. The zero-order valence-corrected chi connectivity index (χ0v) is 17.6. The van der Waals surface area contributed by atoms with Crippen LogP contribution in [0, 0.1) is 0 Å². The molecule has 0 aliphatic heterocycles. The van der Waals surface area contributed by atoms with E-state index in [1.54, 1.807) is 0 Å². The van der Waals surface area contributed by atoms with Crippen molar-refractivity contribution >= 4 is 0 Å². The van der Waals surface area contributed by atoms with E-state index in [9.17, 15) is 0 Å². The van der Waals surface area contributed by atoms with Gasteiger partial charge in [-0.1, -0.05) is 117 Å². The third-order valence-corrected chi connectivity index (χ3v) is 5.31. The lowest BCUT2D eigenvalue weighted by atomic mass is 10.0. The van der Waals surface area contributed by atoms with Gasteiger partial charge in [0.25, 0.3) is 0 Å². The Balaban J connectivity index is 3.07. The first kappa shape index (κ1) is 24.0. The van der Waals surface area contributed by atoms with Crippen molar-refractivity contribution in [1.29, 1.82) is 0 Å². The zero-order chi connectivity index (χ0) is 17.7. The molecule has 0 saturated heterocycles. The summed E-state index contributed by atoms with van der Waals surface area (Å²) in [5.41, 5.74) is 0. The largest absolute Gasteiger partial charge is 0.304 e. The number of unbranched alkanes of at least 4 members (excludes halogenated alkanes) is 15. The fourth-order valence-electron chi connectivity index (χ4n) is 3.63. The van der Waals surface area contributed by atoms with Gasteiger partial charge in [-0.25, -0.2) is 0 Å². The zero-order valence-electron chi connectivity index (χ0n) is 17.6. The molecule has 1 heteroatoms. The molecule has 0 aromatic carbocycles. The van der Waals surface area contributed by atoms with E-state index in [2.05, 4.69) is 25.7 Å². The first-order valence-corrected chi connectivity index (χ1v) is 11.6. The van der Waals surface area contributed by atoms with E-state index < -0.39 is 0 Å². The van der Waals surface area contributed by atoms with Gasteiger partial charge in [-0.15, -0.1) is 0 Å². The molecule has 0 aromatic rings. The molecule has 0 atom stereocenters. The van der Waals surface area contributed by atoms with Gasteiger partial charge in [0.2, 0.25) is 0 Å². The maximum Gasteiger partial charge on any atom is -0.00189 e. The first-order valence-electron chi connectivity index (χ1n) is 11.6. The maximum atomic E-state index is 2.60. The van der Waals surface area contributed by atoms with Crippen molar-refractivity contribution in [2.75, 3.05) is 19.6 Å². The molecule has 146 valence electrons. The van der Waals surface area contributed by atoms with E-state index in [1.807, 2.05) is 0 Å². The molecule has 0 N–H and O–H groups in total. The summed E-state index contributed by atoms with van der Waals surface area (Å²) in [4.78, 5) is 2.60. The van der Waals surface area contributed by atoms with Crippen molar-refractivity contribution in [3.8, 4) is 0 Å². The van der Waals surface area contributed by atoms with Crippen molar-refractivity contribution in [3.63, 3.8) is 0 Å². The second kappa shape index (κ2) is 21.0. The van der Waals surface area contributed by atoms with Crippen LogP contribution in [0.4, 0.5) is 0 Å². The number of hydrogen-bond acceptors (Lipinski definition) is 1. The van der Waals surface area contributed by atoms with Crippen LogP contribution in [0.3, 0.4) is 0 Å². The normalized spacial score (nSPS) is 11.5. The number of hydrogen-bond donors (Lipinski definition) is 0. The van der Waals surface area contributed by atoms with Crippen LogP contribution in [0.2, 0.25) is 0 Å². The molecule has 1 nitrogen and oxygen atoms in total. The van der Waals surface area contributed by atoms with E-state index in [1.165, 1.54) is 129 Å². The molecular formula is C23H49N. The highest BCUT2D eigenvalue weighted by Crippen LogP contribution is 2.13. The van der Waals surface area contributed by atoms with Gasteiger partial charge in [-0.3, -0.25) is 0 Å². The minimum Gasteiger partial charge on any atom is -0.304 e. The average Bonchev–Trinajstić information content (AvgIpc) is 2.60. The third kappa shape index (κ3) is 18.3. The molecule has 0 radical (unpaired) electrons. The number of rotatable bonds is 20. The van der Waals surface area contributed by atoms with Crippen LogP contribution >= 0.6 is 0 Å². The van der Waals surface area contributed by atoms with Crippen LogP contribution < -0.4 is 0 Å². The Labute approximate surface area is 155 Å². The molecule has 0 aliphatic carbocycles. The second-order valence-corrected chi connectivity index (χ2v) is 7.74. The minimum absolute atomic E-state index is 1.23. The van der Waals surface area contributed by atoms with Crippen LogP contribution in [0.25, 0.3) is 0 Å². The molecule has 0 aliphatic rings. The highest BCUT2D eigenvalue weighted by Gasteiger charge is 2.00. The lowest BCUT2D eigenvalue weighted by molar-refractivity contribution is 0.281. The van der Waals surface area contributed by atoms with E-state index in [0.29, 0.717) is 0 Å². The predicted octanol–water partition coefficient (Wildman–Crippen LogP) is 7.98. The molecule has 0 spiro atoms. The van der Waals surface area contributed by atoms with E-state index >= 15 is 0 Å². The highest BCUT2D eigenvalue weighted by molar-refractivity contribution is 4.55. The van der Waals surface area contributed by atoms with Crippen LogP contribution in [0.15, 0.2) is 0 Å². The second-order valence-electron chi connectivity index (χ2n) is 7.74. The van der Waals surface area contributed by atoms with Crippen molar-refractivity contribution in [3.05, 3.63) is 0 Å². The van der Waals surface area contributed by atoms with E-state index in [4.69, 9.17) is 0 Å². The summed E-state index contributed by atoms with van der Waals surface area (Å²) >= 11 is 0. The van der Waals surface area contributed by atoms with Gasteiger partial charge in [0, 0.05) is 0 Å². The lowest BCUT2D eigenvalue weighted by Crippen LogP contribution is -2.25. The lowest BCUT2D eigenvalue weighted by Gasteiger charge is -2.19. The summed E-state index contributed by atoms with van der Waals surface area (Å²) in [5.74, 6) is 0. The fraction of sp³-hybridized carbons (Fsp3) is 1.00. The van der Waals surface area contributed by atoms with Gasteiger partial charge in [0.1, 0.15) is 0 Å². The summed E-state index contributed by atoms with van der Waals surface area (Å²) in [5, 5.41) is 0. The Kier molecular flexibility index (Phi) is 21.0. The summed E-state index contributed by atoms with van der Waals surface area (Å²) in [6, 6.07) is 0. The van der Waals surface area contributed by atoms with Crippen molar-refractivity contribution in [1.82, 2.24) is 4.90 Å². The van der Waals surface area contributed by atoms with Crippen LogP contribution in [-0.2, 0) is 0 Å². The molecule has 0 rings (SSSR count). The molecule has 0 aromatic heterocycles. The van der Waals surface area contributed by atoms with Crippen LogP contribution in [0.1, 0.15) is 130 Å². The number of nitrogens with zero attached hydrogens (tertiary/aromatic N) is 1. The molecule has 24 heavy (non-hydrogen) atoms. The first-order chi connectivity index (χ1) is 11.8. The minimum atomic E-state index is 1.23. The van der Waals surface area contributed by atoms with Crippen LogP contribution in [0.5, 0.6) is 0 Å². The molecule has 0 heterocycles. The SMILES string of the molecule is CCCCCCCCCCCCCCCCCCN(CC)CCC. The standard InChI is InChI=1S/C23H49N/c1-4-7-8-9-10-11-12-13-14-15-16-17-18-19-20-21-23-24(6-3)22-5-2/h4-23H2,1-3H3. The van der Waals surface area contributed by atoms with E-state index in [-0.39, 0.29) is 0 Å². The van der Waals surface area contributed by atoms with Gasteiger partial charge < -0.3 is 4.90 Å². The highest BCUT2D eigenvalue weighted by atomic mass is 15.1. The molecule has 0 bridgehead atoms. The van der Waals surface area contributed by atoms with E-state index in [0.717, 1.165) is 0 Å². The third-order valence-electron chi connectivity index (χ3n) is 5.31. The van der Waals surface area contributed by atoms with Crippen molar-refractivity contribution in [2.45, 2.75) is 130 Å². The Morgan fingerprint density at radius 1 is 0.375 bits per heavy atom. The molecular weight excluding hydrogens is 290 g/mol. The monoisotopic (exact) mass is 339 g/mol. The van der Waals surface area contributed by atoms with Gasteiger partial charge in [-0.2, -0.15) is 0 Å². The molecule has 0 amide bonds. The Morgan fingerprint density at radius 3 is 1.08 bits per heavy atom. The van der Waals surface area contributed by atoms with Crippen molar-refractivity contribution in [2.24, 2.45) is 0 Å². The fourth-order valence-corrected chi connectivity index (χ4v) is 3.63. The topological polar surface area (TPSA) is 3.24 Å². The summed E-state index contributed by atoms with van der Waals surface area (Å²) < 4.78 is 0. The molecule has 0 saturated carbocycles. The Hall–Kier alpha value is -0.0400. The maximum absolute atomic E-state index is 2.60. The summed E-state index contributed by atoms with van der Waals surface area (Å²) in [6.07, 6.45) is 24.7.